The van der Waals surface area contributed by atoms with Gasteiger partial charge in [0.25, 0.3) is 5.56 Å². The number of amides is 1. The third-order valence-electron chi connectivity index (χ3n) is 8.99. The lowest BCUT2D eigenvalue weighted by Crippen LogP contribution is -3.00. The molecule has 0 unspecified atom stereocenters. The number of benzene rings is 1. The number of nitrogens with zero attached hydrogens (tertiary/aromatic N) is 7. The molecule has 0 radical (unpaired) electrons. The van der Waals surface area contributed by atoms with Gasteiger partial charge in [-0.3, -0.25) is 9.59 Å². The number of hydrogen-bond acceptors (Lipinski definition) is 9. The number of likely N-dealkylation sites (N-methyl/N-ethyl adjacent to an activating group) is 1. The molecule has 280 valence electrons. The summed E-state index contributed by atoms with van der Waals surface area (Å²) in [6, 6.07) is 5.07. The highest BCUT2D eigenvalue weighted by atomic mass is 79.9. The van der Waals surface area contributed by atoms with Crippen molar-refractivity contribution in [1.29, 1.82) is 0 Å². The number of nitro groups is 1. The van der Waals surface area contributed by atoms with E-state index in [2.05, 4.69) is 15.3 Å². The minimum Gasteiger partial charge on any atom is -1.00 e. The standard InChI is InChI=1S/C35H42Cl2N8O6.BrH/c1-21(2)40-29-16-25-22(18-38-29)15-24(31-32(36)27(50-6)17-28(51-7)33(31)37)35(47)43(25)23-10-12-42(13-11-23)30(46)9-8-14-45(4,5)19-26-34(44(48)49)39-20-41(26)3;/h8-9,15-18,20-21,23H,10-14,19H2,1-7H3;1H/b9-8+;. The zero-order chi connectivity index (χ0) is 37.2. The lowest BCUT2D eigenvalue weighted by molar-refractivity contribution is -0.898. The Labute approximate surface area is 322 Å². The van der Waals surface area contributed by atoms with E-state index in [1.165, 1.54) is 20.5 Å². The number of methoxy groups -OCH3 is 2. The smallest absolute Gasteiger partial charge is 0.390 e. The van der Waals surface area contributed by atoms with Crippen molar-refractivity contribution in [1.82, 2.24) is 24.0 Å². The summed E-state index contributed by atoms with van der Waals surface area (Å²) < 4.78 is 14.8. The monoisotopic (exact) mass is 820 g/mol. The van der Waals surface area contributed by atoms with E-state index >= 15 is 0 Å². The van der Waals surface area contributed by atoms with Gasteiger partial charge in [0.1, 0.15) is 23.9 Å². The molecule has 1 aliphatic rings. The van der Waals surface area contributed by atoms with Crippen LogP contribution in [-0.2, 0) is 18.4 Å². The number of likely N-dealkylation sites (tertiary alicyclic amines) is 1. The first-order chi connectivity index (χ1) is 24.1. The molecule has 5 rings (SSSR count). The molecule has 1 fully saturated rings. The van der Waals surface area contributed by atoms with Crippen molar-refractivity contribution < 1.29 is 40.7 Å². The molecule has 0 saturated carbocycles. The van der Waals surface area contributed by atoms with Crippen LogP contribution < -0.4 is 37.3 Å². The Morgan fingerprint density at radius 3 is 2.33 bits per heavy atom. The summed E-state index contributed by atoms with van der Waals surface area (Å²) in [7, 11) is 8.56. The molecule has 1 aromatic carbocycles. The first-order valence-corrected chi connectivity index (χ1v) is 17.3. The van der Waals surface area contributed by atoms with Crippen LogP contribution in [0.2, 0.25) is 10.0 Å². The van der Waals surface area contributed by atoms with Crippen LogP contribution in [0.15, 0.2) is 47.7 Å². The molecule has 3 aromatic heterocycles. The summed E-state index contributed by atoms with van der Waals surface area (Å²) in [6.45, 7) is 5.72. The zero-order valence-corrected chi connectivity index (χ0v) is 33.3. The van der Waals surface area contributed by atoms with Gasteiger partial charge in [0.2, 0.25) is 12.2 Å². The molecular weight excluding hydrogens is 779 g/mol. The van der Waals surface area contributed by atoms with Gasteiger partial charge in [-0.2, -0.15) is 0 Å². The number of hydrogen-bond donors (Lipinski definition) is 1. The molecule has 1 saturated heterocycles. The van der Waals surface area contributed by atoms with Gasteiger partial charge in [-0.1, -0.05) is 23.2 Å². The number of quaternary nitrogens is 1. The molecule has 52 heavy (non-hydrogen) atoms. The number of pyridine rings is 2. The number of imidazole rings is 1. The van der Waals surface area contributed by atoms with E-state index in [9.17, 15) is 19.7 Å². The van der Waals surface area contributed by atoms with E-state index in [4.69, 9.17) is 32.7 Å². The molecule has 17 heteroatoms. The van der Waals surface area contributed by atoms with Gasteiger partial charge in [0.05, 0.1) is 56.0 Å². The second-order valence-electron chi connectivity index (χ2n) is 13.6. The minimum atomic E-state index is -0.482. The topological polar surface area (TPSA) is 147 Å². The van der Waals surface area contributed by atoms with E-state index in [1.54, 1.807) is 51.6 Å². The Kier molecular flexibility index (Phi) is 13.0. The highest BCUT2D eigenvalue weighted by Crippen LogP contribution is 2.45. The lowest BCUT2D eigenvalue weighted by Gasteiger charge is -2.33. The summed E-state index contributed by atoms with van der Waals surface area (Å²) in [5, 5.41) is 15.8. The molecule has 1 amide bonds. The number of ether oxygens (including phenoxy) is 2. The van der Waals surface area contributed by atoms with Crippen LogP contribution in [0.25, 0.3) is 22.0 Å². The second kappa shape index (κ2) is 16.7. The van der Waals surface area contributed by atoms with E-state index < -0.39 is 4.92 Å². The van der Waals surface area contributed by atoms with Crippen molar-refractivity contribution in [3.05, 3.63) is 79.1 Å². The van der Waals surface area contributed by atoms with E-state index in [0.717, 1.165) is 0 Å². The van der Waals surface area contributed by atoms with Crippen molar-refractivity contribution in [2.45, 2.75) is 45.3 Å². The Morgan fingerprint density at radius 2 is 1.75 bits per heavy atom. The predicted octanol–water partition coefficient (Wildman–Crippen LogP) is 2.85. The summed E-state index contributed by atoms with van der Waals surface area (Å²) in [5.74, 6) is 0.958. The average Bonchev–Trinajstić information content (AvgIpc) is 3.44. The Bertz CT molecular complexity index is 2030. The maximum Gasteiger partial charge on any atom is 0.390 e. The van der Waals surface area contributed by atoms with Gasteiger partial charge in [0.15, 0.2) is 5.69 Å². The number of piperidine rings is 1. The molecular formula is C35H43BrCl2N8O6. The molecule has 14 nitrogen and oxygen atoms in total. The molecule has 0 spiro atoms. The number of aryl methyl sites for hydroxylation is 1. The number of nitrogens with one attached hydrogen (secondary N) is 1. The van der Waals surface area contributed by atoms with Gasteiger partial charge < -0.3 is 60.4 Å². The van der Waals surface area contributed by atoms with Gasteiger partial charge in [-0.05, 0) is 48.7 Å². The predicted molar refractivity (Wildman–Crippen MR) is 198 cm³/mol. The van der Waals surface area contributed by atoms with E-state index in [1.807, 2.05) is 34.0 Å². The molecule has 1 aliphatic heterocycles. The van der Waals surface area contributed by atoms with Crippen LogP contribution in [0.1, 0.15) is 38.4 Å². The number of rotatable bonds is 12. The fourth-order valence-corrected chi connectivity index (χ4v) is 7.11. The number of carbonyl (C=O) groups excluding carboxylic acids is 1. The van der Waals surface area contributed by atoms with Crippen molar-refractivity contribution in [2.75, 3.05) is 53.3 Å². The minimum absolute atomic E-state index is 0. The summed E-state index contributed by atoms with van der Waals surface area (Å²) in [5.41, 5.74) is 1.50. The van der Waals surface area contributed by atoms with Crippen LogP contribution >= 0.6 is 23.2 Å². The van der Waals surface area contributed by atoms with Gasteiger partial charge >= 0.3 is 5.82 Å². The van der Waals surface area contributed by atoms with Crippen LogP contribution in [0, 0.1) is 10.1 Å². The molecule has 4 heterocycles. The summed E-state index contributed by atoms with van der Waals surface area (Å²) in [6.07, 6.45) is 7.56. The average molecular weight is 823 g/mol. The second-order valence-corrected chi connectivity index (χ2v) is 14.3. The van der Waals surface area contributed by atoms with Crippen LogP contribution in [-0.4, -0.2) is 93.3 Å². The number of carbonyl (C=O) groups is 1. The number of halogens is 3. The molecule has 1 N–H and O–H groups in total. The number of aromatic nitrogens is 4. The largest absolute Gasteiger partial charge is 1.00 e. The van der Waals surface area contributed by atoms with Gasteiger partial charge in [-0.25, -0.2) is 4.98 Å². The maximum absolute atomic E-state index is 14.6. The third kappa shape index (κ3) is 8.54. The lowest BCUT2D eigenvalue weighted by atomic mass is 10.00. The maximum atomic E-state index is 14.6. The SMILES string of the molecule is COc1cc(OC)c(Cl)c(-c2cc3cnc(NC(C)C)cc3n(C3CCN(C(=O)/C=C/C[N+](C)(C)Cc4c([N+](=O)[O-])ncn4C)CC3)c2=O)c1Cl.[Br-]. The Hall–Kier alpha value is -4.18. The van der Waals surface area contributed by atoms with E-state index in [-0.39, 0.29) is 62.0 Å². The fourth-order valence-electron chi connectivity index (χ4n) is 6.41. The molecule has 4 aromatic rings. The van der Waals surface area contributed by atoms with Gasteiger partial charge in [-0.15, -0.1) is 0 Å². The quantitative estimate of drug-likeness (QED) is 0.0987. The zero-order valence-electron chi connectivity index (χ0n) is 30.2. The Morgan fingerprint density at radius 1 is 1.12 bits per heavy atom. The van der Waals surface area contributed by atoms with Crippen molar-refractivity contribution in [2.24, 2.45) is 7.05 Å². The molecule has 0 atom stereocenters. The van der Waals surface area contributed by atoms with Crippen LogP contribution in [0.5, 0.6) is 11.5 Å². The number of anilines is 1. The van der Waals surface area contributed by atoms with Gasteiger partial charge in [0, 0.05) is 67.6 Å². The fraction of sp³-hybridized carbons (Fsp3) is 0.429. The van der Waals surface area contributed by atoms with Crippen molar-refractivity contribution in [3.8, 4) is 22.6 Å². The molecule has 0 aliphatic carbocycles. The summed E-state index contributed by atoms with van der Waals surface area (Å²) in [4.78, 5) is 49.0. The van der Waals surface area contributed by atoms with Crippen molar-refractivity contribution in [3.63, 3.8) is 0 Å². The normalized spacial score (nSPS) is 13.8. The summed E-state index contributed by atoms with van der Waals surface area (Å²) >= 11 is 13.6. The molecule has 0 bridgehead atoms. The first kappa shape index (κ1) is 40.6. The van der Waals surface area contributed by atoms with E-state index in [0.29, 0.717) is 83.0 Å². The van der Waals surface area contributed by atoms with Crippen LogP contribution in [0.3, 0.4) is 0 Å². The van der Waals surface area contributed by atoms with Crippen molar-refractivity contribution >= 4 is 51.6 Å². The number of fused-ring (bicyclic) bond motifs is 1. The highest BCUT2D eigenvalue weighted by Gasteiger charge is 2.30. The van der Waals surface area contributed by atoms with Crippen LogP contribution in [0.4, 0.5) is 11.6 Å². The third-order valence-corrected chi connectivity index (χ3v) is 9.74. The first-order valence-electron chi connectivity index (χ1n) is 16.5. The Balaban J connectivity index is 0.00000605. The highest BCUT2D eigenvalue weighted by molar-refractivity contribution is 6.41.